The largest absolute Gasteiger partial charge is 0.270 e. The standard InChI is InChI=1S/C12H13NO2S/c1-11-5-7-12(8-6-11)16(14,15)13-9-3-2-4-10-13/h2-9H,10H2,1H3. The summed E-state index contributed by atoms with van der Waals surface area (Å²) in [5, 5.41) is 0. The van der Waals surface area contributed by atoms with Gasteiger partial charge in [-0.1, -0.05) is 29.8 Å². The molecule has 1 aliphatic rings. The lowest BCUT2D eigenvalue weighted by Crippen LogP contribution is -2.27. The minimum atomic E-state index is -3.38. The van der Waals surface area contributed by atoms with Gasteiger partial charge in [-0.2, -0.15) is 0 Å². The molecule has 0 saturated heterocycles. The van der Waals surface area contributed by atoms with Crippen LogP contribution in [0.2, 0.25) is 0 Å². The van der Waals surface area contributed by atoms with Crippen LogP contribution < -0.4 is 0 Å². The predicted molar refractivity (Wildman–Crippen MR) is 63.4 cm³/mol. The van der Waals surface area contributed by atoms with Crippen molar-refractivity contribution in [3.05, 3.63) is 54.3 Å². The van der Waals surface area contributed by atoms with Gasteiger partial charge in [-0.3, -0.25) is 4.31 Å². The van der Waals surface area contributed by atoms with Crippen molar-refractivity contribution in [2.75, 3.05) is 6.54 Å². The number of rotatable bonds is 2. The zero-order valence-electron chi connectivity index (χ0n) is 9.00. The van der Waals surface area contributed by atoms with E-state index in [1.54, 1.807) is 36.5 Å². The molecule has 0 fully saturated rings. The van der Waals surface area contributed by atoms with Crippen LogP contribution in [0.1, 0.15) is 5.56 Å². The lowest BCUT2D eigenvalue weighted by molar-refractivity contribution is 0.520. The van der Waals surface area contributed by atoms with Crippen LogP contribution in [0.15, 0.2) is 53.6 Å². The molecule has 0 aliphatic carbocycles. The molecule has 16 heavy (non-hydrogen) atoms. The number of allylic oxidation sites excluding steroid dienone is 2. The second-order valence-corrected chi connectivity index (χ2v) is 5.55. The first kappa shape index (κ1) is 11.0. The second kappa shape index (κ2) is 4.14. The van der Waals surface area contributed by atoms with Crippen LogP contribution in [-0.2, 0) is 10.0 Å². The summed E-state index contributed by atoms with van der Waals surface area (Å²) in [6.45, 7) is 2.33. The predicted octanol–water partition coefficient (Wildman–Crippen LogP) is 2.07. The number of sulfonamides is 1. The van der Waals surface area contributed by atoms with E-state index >= 15 is 0 Å². The molecule has 0 N–H and O–H groups in total. The molecule has 0 radical (unpaired) electrons. The van der Waals surface area contributed by atoms with Gasteiger partial charge in [0.25, 0.3) is 10.0 Å². The van der Waals surface area contributed by atoms with Crippen molar-refractivity contribution in [2.45, 2.75) is 11.8 Å². The van der Waals surface area contributed by atoms with Gasteiger partial charge in [0.1, 0.15) is 0 Å². The van der Waals surface area contributed by atoms with Gasteiger partial charge in [0, 0.05) is 6.20 Å². The number of hydrogen-bond donors (Lipinski definition) is 0. The van der Waals surface area contributed by atoms with E-state index in [1.807, 2.05) is 19.1 Å². The highest BCUT2D eigenvalue weighted by Crippen LogP contribution is 2.17. The Balaban J connectivity index is 2.35. The first-order valence-corrected chi connectivity index (χ1v) is 6.46. The molecule has 0 amide bonds. The minimum Gasteiger partial charge on any atom is -0.270 e. The SMILES string of the molecule is Cc1ccc(S(=O)(=O)N2C=CC=CC2)cc1. The molecule has 0 atom stereocenters. The molecule has 1 heterocycles. The topological polar surface area (TPSA) is 37.4 Å². The van der Waals surface area contributed by atoms with Crippen LogP contribution >= 0.6 is 0 Å². The highest BCUT2D eigenvalue weighted by atomic mass is 32.2. The lowest BCUT2D eigenvalue weighted by Gasteiger charge is -2.20. The molecule has 1 aromatic carbocycles. The zero-order chi connectivity index (χ0) is 11.6. The summed E-state index contributed by atoms with van der Waals surface area (Å²) >= 11 is 0. The molecule has 0 spiro atoms. The van der Waals surface area contributed by atoms with E-state index in [0.29, 0.717) is 11.4 Å². The molecule has 2 rings (SSSR count). The molecular formula is C12H13NO2S. The third kappa shape index (κ3) is 2.02. The van der Waals surface area contributed by atoms with Gasteiger partial charge in [0.15, 0.2) is 0 Å². The van der Waals surface area contributed by atoms with Gasteiger partial charge in [-0.05, 0) is 25.1 Å². The molecule has 84 valence electrons. The average molecular weight is 235 g/mol. The normalized spacial score (nSPS) is 15.4. The summed E-state index contributed by atoms with van der Waals surface area (Å²) in [5.74, 6) is 0. The van der Waals surface area contributed by atoms with E-state index < -0.39 is 10.0 Å². The van der Waals surface area contributed by atoms with Gasteiger partial charge in [-0.25, -0.2) is 8.42 Å². The van der Waals surface area contributed by atoms with Gasteiger partial charge in [-0.15, -0.1) is 0 Å². The first-order valence-electron chi connectivity index (χ1n) is 5.02. The van der Waals surface area contributed by atoms with Crippen molar-refractivity contribution in [3.8, 4) is 0 Å². The van der Waals surface area contributed by atoms with E-state index in [2.05, 4.69) is 0 Å². The summed E-state index contributed by atoms with van der Waals surface area (Å²) in [6.07, 6.45) is 6.94. The highest BCUT2D eigenvalue weighted by molar-refractivity contribution is 7.89. The highest BCUT2D eigenvalue weighted by Gasteiger charge is 2.20. The third-order valence-electron chi connectivity index (χ3n) is 2.41. The van der Waals surface area contributed by atoms with E-state index in [-0.39, 0.29) is 0 Å². The summed E-state index contributed by atoms with van der Waals surface area (Å²) in [4.78, 5) is 0.332. The van der Waals surface area contributed by atoms with Crippen molar-refractivity contribution in [2.24, 2.45) is 0 Å². The number of aryl methyl sites for hydroxylation is 1. The number of hydrogen-bond acceptors (Lipinski definition) is 2. The van der Waals surface area contributed by atoms with Crippen LogP contribution in [-0.4, -0.2) is 19.3 Å². The molecule has 0 bridgehead atoms. The molecule has 0 unspecified atom stereocenters. The molecule has 3 nitrogen and oxygen atoms in total. The van der Waals surface area contributed by atoms with Crippen molar-refractivity contribution in [1.82, 2.24) is 4.31 Å². The molecule has 4 heteroatoms. The molecule has 0 aromatic heterocycles. The Morgan fingerprint density at radius 2 is 1.81 bits per heavy atom. The Morgan fingerprint density at radius 1 is 1.12 bits per heavy atom. The van der Waals surface area contributed by atoms with Gasteiger partial charge in [0.05, 0.1) is 11.4 Å². The Morgan fingerprint density at radius 3 is 2.38 bits per heavy atom. The monoisotopic (exact) mass is 235 g/mol. The second-order valence-electron chi connectivity index (χ2n) is 3.66. The summed E-state index contributed by atoms with van der Waals surface area (Å²) < 4.78 is 25.6. The maximum absolute atomic E-state index is 12.1. The molecule has 1 aromatic rings. The van der Waals surface area contributed by atoms with Crippen LogP contribution in [0.5, 0.6) is 0 Å². The summed E-state index contributed by atoms with van der Waals surface area (Å²) in [6, 6.07) is 6.88. The van der Waals surface area contributed by atoms with Crippen LogP contribution in [0.3, 0.4) is 0 Å². The lowest BCUT2D eigenvalue weighted by atomic mass is 10.2. The zero-order valence-corrected chi connectivity index (χ0v) is 9.81. The minimum absolute atomic E-state index is 0.332. The Hall–Kier alpha value is -1.55. The van der Waals surface area contributed by atoms with Gasteiger partial charge in [0.2, 0.25) is 0 Å². The van der Waals surface area contributed by atoms with Gasteiger partial charge < -0.3 is 0 Å². The van der Waals surface area contributed by atoms with Crippen molar-refractivity contribution < 1.29 is 8.42 Å². The van der Waals surface area contributed by atoms with Crippen LogP contribution in [0.4, 0.5) is 0 Å². The molecule has 1 aliphatic heterocycles. The average Bonchev–Trinajstić information content (AvgIpc) is 2.31. The number of nitrogens with zero attached hydrogens (tertiary/aromatic N) is 1. The van der Waals surface area contributed by atoms with Gasteiger partial charge >= 0.3 is 0 Å². The van der Waals surface area contributed by atoms with Crippen LogP contribution in [0, 0.1) is 6.92 Å². The molecule has 0 saturated carbocycles. The van der Waals surface area contributed by atoms with Crippen molar-refractivity contribution in [3.63, 3.8) is 0 Å². The fourth-order valence-electron chi connectivity index (χ4n) is 1.47. The Kier molecular flexibility index (Phi) is 2.83. The maximum atomic E-state index is 12.1. The van der Waals surface area contributed by atoms with Crippen LogP contribution in [0.25, 0.3) is 0 Å². The van der Waals surface area contributed by atoms with E-state index in [1.165, 1.54) is 4.31 Å². The third-order valence-corrected chi connectivity index (χ3v) is 4.17. The van der Waals surface area contributed by atoms with E-state index in [0.717, 1.165) is 5.56 Å². The van der Waals surface area contributed by atoms with E-state index in [4.69, 9.17) is 0 Å². The van der Waals surface area contributed by atoms with Crippen molar-refractivity contribution in [1.29, 1.82) is 0 Å². The molecular weight excluding hydrogens is 222 g/mol. The maximum Gasteiger partial charge on any atom is 0.264 e. The number of benzene rings is 1. The van der Waals surface area contributed by atoms with E-state index in [9.17, 15) is 8.42 Å². The fourth-order valence-corrected chi connectivity index (χ4v) is 2.74. The summed E-state index contributed by atoms with van der Waals surface area (Å²) in [5.41, 5.74) is 1.05. The Labute approximate surface area is 95.8 Å². The smallest absolute Gasteiger partial charge is 0.264 e. The van der Waals surface area contributed by atoms with Crippen molar-refractivity contribution >= 4 is 10.0 Å². The quantitative estimate of drug-likeness (QED) is 0.787. The Bertz CT molecular complexity index is 527. The summed E-state index contributed by atoms with van der Waals surface area (Å²) in [7, 11) is -3.38. The first-order chi connectivity index (χ1) is 7.60. The fraction of sp³-hybridized carbons (Fsp3) is 0.167.